The van der Waals surface area contributed by atoms with Crippen LogP contribution in [-0.4, -0.2) is 13.1 Å². The van der Waals surface area contributed by atoms with Crippen LogP contribution in [0, 0.1) is 0 Å². The summed E-state index contributed by atoms with van der Waals surface area (Å²) in [7, 11) is 1.33. The Hall–Kier alpha value is -1.72. The molecule has 0 aliphatic heterocycles. The van der Waals surface area contributed by atoms with E-state index in [9.17, 15) is 4.79 Å². The van der Waals surface area contributed by atoms with Crippen LogP contribution in [-0.2, 0) is 4.74 Å². The van der Waals surface area contributed by atoms with Crippen molar-refractivity contribution in [3.05, 3.63) is 51.5 Å². The first-order valence-electron chi connectivity index (χ1n) is 5.72. The van der Waals surface area contributed by atoms with Gasteiger partial charge in [0.05, 0.1) is 39.2 Å². The lowest BCUT2D eigenvalue weighted by Gasteiger charge is -2.12. The van der Waals surface area contributed by atoms with Crippen LogP contribution in [0.5, 0.6) is 0 Å². The third kappa shape index (κ3) is 3.05. The van der Waals surface area contributed by atoms with Crippen LogP contribution in [0.1, 0.15) is 10.4 Å². The minimum atomic E-state index is -0.424. The van der Waals surface area contributed by atoms with Gasteiger partial charge in [-0.2, -0.15) is 0 Å². The number of hydrogen-bond donors (Lipinski definition) is 2. The van der Waals surface area contributed by atoms with Crippen molar-refractivity contribution in [2.45, 2.75) is 0 Å². The molecule has 3 N–H and O–H groups in total. The van der Waals surface area contributed by atoms with Gasteiger partial charge >= 0.3 is 5.97 Å². The van der Waals surface area contributed by atoms with E-state index in [1.54, 1.807) is 24.3 Å². The number of carbonyl (C=O) groups is 1. The van der Waals surface area contributed by atoms with Gasteiger partial charge in [-0.25, -0.2) is 4.79 Å². The first kappa shape index (κ1) is 14.7. The highest BCUT2D eigenvalue weighted by molar-refractivity contribution is 9.10. The van der Waals surface area contributed by atoms with Gasteiger partial charge in [0.25, 0.3) is 0 Å². The van der Waals surface area contributed by atoms with E-state index in [1.165, 1.54) is 7.11 Å². The number of halogens is 2. The number of methoxy groups -OCH3 is 1. The Bertz CT molecular complexity index is 662. The highest BCUT2D eigenvalue weighted by Gasteiger charge is 2.10. The van der Waals surface area contributed by atoms with Crippen molar-refractivity contribution in [2.24, 2.45) is 0 Å². The number of nitrogens with two attached hydrogens (primary N) is 1. The number of hydrogen-bond acceptors (Lipinski definition) is 4. The Morgan fingerprint density at radius 3 is 2.70 bits per heavy atom. The second-order valence-corrected chi connectivity index (χ2v) is 5.22. The third-order valence-corrected chi connectivity index (χ3v) is 4.09. The molecule has 0 aliphatic carbocycles. The molecule has 0 aromatic heterocycles. The predicted molar refractivity (Wildman–Crippen MR) is 84.6 cm³/mol. The largest absolute Gasteiger partial charge is 0.465 e. The van der Waals surface area contributed by atoms with Crippen molar-refractivity contribution in [3.8, 4) is 0 Å². The second kappa shape index (κ2) is 6.15. The molecule has 2 rings (SSSR count). The zero-order valence-electron chi connectivity index (χ0n) is 10.6. The van der Waals surface area contributed by atoms with Crippen LogP contribution < -0.4 is 11.1 Å². The Morgan fingerprint density at radius 2 is 2.05 bits per heavy atom. The summed E-state index contributed by atoms with van der Waals surface area (Å²) in [5.74, 6) is -0.424. The molecule has 0 unspecified atom stereocenters. The van der Waals surface area contributed by atoms with Gasteiger partial charge in [-0.05, 0) is 46.3 Å². The van der Waals surface area contributed by atoms with Crippen molar-refractivity contribution < 1.29 is 9.53 Å². The molecule has 104 valence electrons. The summed E-state index contributed by atoms with van der Waals surface area (Å²) < 4.78 is 5.39. The molecule has 4 nitrogen and oxygen atoms in total. The van der Waals surface area contributed by atoms with E-state index in [2.05, 4.69) is 26.0 Å². The number of carbonyl (C=O) groups excluding carboxylic acids is 1. The lowest BCUT2D eigenvalue weighted by Crippen LogP contribution is -2.04. The predicted octanol–water partition coefficient (Wildman–Crippen LogP) is 4.21. The Morgan fingerprint density at radius 1 is 1.30 bits per heavy atom. The molecule has 20 heavy (non-hydrogen) atoms. The molecule has 0 bridgehead atoms. The van der Waals surface area contributed by atoms with E-state index in [0.717, 1.165) is 10.2 Å². The Labute approximate surface area is 130 Å². The van der Waals surface area contributed by atoms with Crippen molar-refractivity contribution >= 4 is 50.6 Å². The maximum Gasteiger partial charge on any atom is 0.337 e. The topological polar surface area (TPSA) is 64.3 Å². The lowest BCUT2D eigenvalue weighted by atomic mass is 10.1. The van der Waals surface area contributed by atoms with Crippen LogP contribution >= 0.6 is 27.5 Å². The van der Waals surface area contributed by atoms with Crippen molar-refractivity contribution in [3.63, 3.8) is 0 Å². The number of rotatable bonds is 3. The zero-order chi connectivity index (χ0) is 14.7. The Balaban J connectivity index is 2.30. The summed E-state index contributed by atoms with van der Waals surface area (Å²) in [6, 6.07) is 10.4. The van der Waals surface area contributed by atoms with E-state index < -0.39 is 5.97 Å². The minimum absolute atomic E-state index is 0.403. The highest BCUT2D eigenvalue weighted by atomic mass is 79.9. The van der Waals surface area contributed by atoms with Gasteiger partial charge in [0.1, 0.15) is 0 Å². The Kier molecular flexibility index (Phi) is 4.52. The van der Waals surface area contributed by atoms with Gasteiger partial charge in [-0.15, -0.1) is 0 Å². The number of nitrogen functional groups attached to an aromatic ring is 1. The van der Waals surface area contributed by atoms with Crippen LogP contribution in [0.15, 0.2) is 40.9 Å². The number of anilines is 3. The average molecular weight is 356 g/mol. The highest BCUT2D eigenvalue weighted by Crippen LogP contribution is 2.33. The first-order chi connectivity index (χ1) is 9.52. The fourth-order valence-electron chi connectivity index (χ4n) is 1.67. The number of esters is 1. The fourth-order valence-corrected chi connectivity index (χ4v) is 2.20. The summed E-state index contributed by atoms with van der Waals surface area (Å²) in [5, 5.41) is 3.75. The molecule has 0 spiro atoms. The molecular weight excluding hydrogens is 344 g/mol. The minimum Gasteiger partial charge on any atom is -0.465 e. The van der Waals surface area contributed by atoms with Gasteiger partial charge in [-0.3, -0.25) is 0 Å². The summed E-state index contributed by atoms with van der Waals surface area (Å²) in [6.45, 7) is 0. The third-order valence-electron chi connectivity index (χ3n) is 2.69. The van der Waals surface area contributed by atoms with Crippen LogP contribution in [0.2, 0.25) is 5.02 Å². The molecule has 0 radical (unpaired) electrons. The fraction of sp³-hybridized carbons (Fsp3) is 0.0714. The smallest absolute Gasteiger partial charge is 0.337 e. The summed E-state index contributed by atoms with van der Waals surface area (Å²) in [5.41, 5.74) is 8.25. The molecule has 0 amide bonds. The van der Waals surface area contributed by atoms with E-state index in [4.69, 9.17) is 17.3 Å². The monoisotopic (exact) mass is 354 g/mol. The molecule has 6 heteroatoms. The molecule has 0 aliphatic rings. The van der Waals surface area contributed by atoms with Gasteiger partial charge in [0, 0.05) is 0 Å². The lowest BCUT2D eigenvalue weighted by molar-refractivity contribution is 0.0601. The van der Waals surface area contributed by atoms with Crippen molar-refractivity contribution in [1.82, 2.24) is 0 Å². The standard InChI is InChI=1S/C14H12BrClN2O2/c1-20-14(19)8-5-6-11(10(17)7-8)18-12-4-2-3-9(16)13(12)15/h2-7,18H,17H2,1H3. The summed E-state index contributed by atoms with van der Waals surface area (Å²) >= 11 is 9.43. The number of nitrogens with one attached hydrogen (secondary N) is 1. The van der Waals surface area contributed by atoms with Gasteiger partial charge in [-0.1, -0.05) is 17.7 Å². The van der Waals surface area contributed by atoms with E-state index in [1.807, 2.05) is 12.1 Å². The van der Waals surface area contributed by atoms with Crippen LogP contribution in [0.3, 0.4) is 0 Å². The molecule has 0 fully saturated rings. The van der Waals surface area contributed by atoms with Gasteiger partial charge in [0.15, 0.2) is 0 Å². The molecule has 0 atom stereocenters. The molecule has 0 saturated carbocycles. The number of benzene rings is 2. The average Bonchev–Trinajstić information content (AvgIpc) is 2.45. The number of ether oxygens (including phenoxy) is 1. The quantitative estimate of drug-likeness (QED) is 0.639. The molecule has 0 saturated heterocycles. The SMILES string of the molecule is COC(=O)c1ccc(Nc2cccc(Cl)c2Br)c(N)c1. The molecule has 2 aromatic rings. The summed E-state index contributed by atoms with van der Waals surface area (Å²) in [4.78, 5) is 11.4. The first-order valence-corrected chi connectivity index (χ1v) is 6.89. The van der Waals surface area contributed by atoms with Crippen molar-refractivity contribution in [1.29, 1.82) is 0 Å². The second-order valence-electron chi connectivity index (χ2n) is 4.02. The van der Waals surface area contributed by atoms with Crippen LogP contribution in [0.25, 0.3) is 0 Å². The van der Waals surface area contributed by atoms with E-state index in [-0.39, 0.29) is 0 Å². The zero-order valence-corrected chi connectivity index (χ0v) is 13.0. The summed E-state index contributed by atoms with van der Waals surface area (Å²) in [6.07, 6.45) is 0. The molecule has 2 aromatic carbocycles. The normalized spacial score (nSPS) is 10.2. The van der Waals surface area contributed by atoms with E-state index in [0.29, 0.717) is 22.0 Å². The van der Waals surface area contributed by atoms with Crippen LogP contribution in [0.4, 0.5) is 17.1 Å². The maximum atomic E-state index is 11.4. The van der Waals surface area contributed by atoms with E-state index >= 15 is 0 Å². The molecular formula is C14H12BrClN2O2. The van der Waals surface area contributed by atoms with Gasteiger partial charge in [0.2, 0.25) is 0 Å². The molecule has 0 heterocycles. The maximum absolute atomic E-state index is 11.4. The van der Waals surface area contributed by atoms with Crippen molar-refractivity contribution in [2.75, 3.05) is 18.2 Å². The van der Waals surface area contributed by atoms with Gasteiger partial charge < -0.3 is 15.8 Å².